The number of carbonyl (C=O) groups excluding carboxylic acids is 4. The number of methoxy groups -OCH3 is 1. The van der Waals surface area contributed by atoms with Crippen LogP contribution in [0.5, 0.6) is 5.75 Å². The number of rotatable bonds is 2. The predicted octanol–water partition coefficient (Wildman–Crippen LogP) is 2.15. The Morgan fingerprint density at radius 2 is 1.60 bits per heavy atom. The van der Waals surface area contributed by atoms with Crippen molar-refractivity contribution in [2.24, 2.45) is 0 Å². The SMILES string of the molecule is CC.CC.COc1ccc2c(c1)C(=O)N(C1CCC(=O)NC1=O)C2=O. The van der Waals surface area contributed by atoms with E-state index in [-0.39, 0.29) is 24.0 Å². The van der Waals surface area contributed by atoms with E-state index < -0.39 is 29.7 Å². The number of benzene rings is 1. The van der Waals surface area contributed by atoms with Crippen LogP contribution in [-0.2, 0) is 9.59 Å². The zero-order chi connectivity index (χ0) is 19.1. The lowest BCUT2D eigenvalue weighted by Crippen LogP contribution is -2.54. The number of fused-ring (bicyclic) bond motifs is 1. The second kappa shape index (κ2) is 8.96. The molecule has 1 unspecified atom stereocenters. The summed E-state index contributed by atoms with van der Waals surface area (Å²) < 4.78 is 5.03. The van der Waals surface area contributed by atoms with Gasteiger partial charge in [-0.2, -0.15) is 0 Å². The third-order valence-corrected chi connectivity index (χ3v) is 3.65. The van der Waals surface area contributed by atoms with Crippen molar-refractivity contribution < 1.29 is 23.9 Å². The lowest BCUT2D eigenvalue weighted by molar-refractivity contribution is -0.136. The molecule has 1 atom stereocenters. The normalized spacial score (nSPS) is 18.4. The fourth-order valence-corrected chi connectivity index (χ4v) is 2.58. The highest BCUT2D eigenvalue weighted by atomic mass is 16.5. The van der Waals surface area contributed by atoms with E-state index in [1.54, 1.807) is 6.07 Å². The zero-order valence-electron chi connectivity index (χ0n) is 15.2. The topological polar surface area (TPSA) is 92.8 Å². The molecule has 0 radical (unpaired) electrons. The van der Waals surface area contributed by atoms with Crippen LogP contribution >= 0.6 is 0 Å². The van der Waals surface area contributed by atoms with Crippen LogP contribution in [0.1, 0.15) is 61.3 Å². The Bertz CT molecular complexity index is 684. The molecule has 2 aliphatic heterocycles. The van der Waals surface area contributed by atoms with Crippen LogP contribution in [0.2, 0.25) is 0 Å². The van der Waals surface area contributed by atoms with E-state index in [9.17, 15) is 19.2 Å². The lowest BCUT2D eigenvalue weighted by Gasteiger charge is -2.27. The summed E-state index contributed by atoms with van der Waals surface area (Å²) in [6.07, 6.45) is 0.250. The summed E-state index contributed by atoms with van der Waals surface area (Å²) >= 11 is 0. The van der Waals surface area contributed by atoms with Gasteiger partial charge in [0.25, 0.3) is 11.8 Å². The van der Waals surface area contributed by atoms with Gasteiger partial charge in [0.05, 0.1) is 18.2 Å². The first-order valence-electron chi connectivity index (χ1n) is 8.42. The van der Waals surface area contributed by atoms with Gasteiger partial charge in [0.1, 0.15) is 11.8 Å². The van der Waals surface area contributed by atoms with E-state index in [0.29, 0.717) is 5.75 Å². The zero-order valence-corrected chi connectivity index (χ0v) is 15.2. The van der Waals surface area contributed by atoms with Crippen molar-refractivity contribution in [1.29, 1.82) is 0 Å². The number of hydrogen-bond acceptors (Lipinski definition) is 5. The molecule has 0 bridgehead atoms. The molecule has 0 aromatic heterocycles. The Labute approximate surface area is 147 Å². The first-order chi connectivity index (χ1) is 12.0. The van der Waals surface area contributed by atoms with E-state index >= 15 is 0 Å². The fraction of sp³-hybridized carbons (Fsp3) is 0.444. The van der Waals surface area contributed by atoms with Crippen molar-refractivity contribution in [3.63, 3.8) is 0 Å². The van der Waals surface area contributed by atoms with Gasteiger partial charge in [0, 0.05) is 6.42 Å². The third-order valence-electron chi connectivity index (χ3n) is 3.65. The van der Waals surface area contributed by atoms with Crippen LogP contribution in [-0.4, -0.2) is 41.7 Å². The van der Waals surface area contributed by atoms with E-state index in [0.717, 1.165) is 4.90 Å². The number of piperidine rings is 1. The number of amides is 4. The van der Waals surface area contributed by atoms with E-state index in [1.165, 1.54) is 19.2 Å². The van der Waals surface area contributed by atoms with Gasteiger partial charge in [-0.15, -0.1) is 0 Å². The molecule has 7 heteroatoms. The standard InChI is InChI=1S/C14H12N2O5.2C2H6/c1-21-7-2-3-8-9(6-7)14(20)16(13(8)19)10-4-5-11(17)15-12(10)18;2*1-2/h2-3,6,10H,4-5H2,1H3,(H,15,17,18);2*1-2H3. The highest BCUT2D eigenvalue weighted by Crippen LogP contribution is 2.29. The van der Waals surface area contributed by atoms with Crippen molar-refractivity contribution in [3.05, 3.63) is 29.3 Å². The Balaban J connectivity index is 0.000000730. The summed E-state index contributed by atoms with van der Waals surface area (Å²) in [5.74, 6) is -1.61. The van der Waals surface area contributed by atoms with Crippen molar-refractivity contribution in [2.75, 3.05) is 7.11 Å². The number of imide groups is 2. The predicted molar refractivity (Wildman–Crippen MR) is 92.4 cm³/mol. The van der Waals surface area contributed by atoms with Gasteiger partial charge in [-0.1, -0.05) is 27.7 Å². The molecule has 1 N–H and O–H groups in total. The quantitative estimate of drug-likeness (QED) is 0.827. The second-order valence-electron chi connectivity index (χ2n) is 4.86. The molecule has 0 spiro atoms. The summed E-state index contributed by atoms with van der Waals surface area (Å²) in [4.78, 5) is 48.7. The van der Waals surface area contributed by atoms with Gasteiger partial charge < -0.3 is 4.74 Å². The lowest BCUT2D eigenvalue weighted by atomic mass is 10.0. The van der Waals surface area contributed by atoms with Crippen molar-refractivity contribution >= 4 is 23.6 Å². The largest absolute Gasteiger partial charge is 0.497 e. The monoisotopic (exact) mass is 348 g/mol. The molecule has 3 rings (SSSR count). The van der Waals surface area contributed by atoms with Crippen LogP contribution in [0.25, 0.3) is 0 Å². The minimum absolute atomic E-state index is 0.104. The van der Waals surface area contributed by atoms with Gasteiger partial charge >= 0.3 is 0 Å². The summed E-state index contributed by atoms with van der Waals surface area (Å²) in [5, 5.41) is 2.15. The molecule has 2 heterocycles. The van der Waals surface area contributed by atoms with Gasteiger partial charge in [0.2, 0.25) is 11.8 Å². The fourth-order valence-electron chi connectivity index (χ4n) is 2.58. The summed E-state index contributed by atoms with van der Waals surface area (Å²) in [5.41, 5.74) is 0.453. The highest BCUT2D eigenvalue weighted by Gasteiger charge is 2.44. The van der Waals surface area contributed by atoms with Gasteiger partial charge in [-0.05, 0) is 24.6 Å². The average Bonchev–Trinajstić information content (AvgIpc) is 2.89. The van der Waals surface area contributed by atoms with Crippen molar-refractivity contribution in [1.82, 2.24) is 10.2 Å². The molecule has 1 aromatic rings. The van der Waals surface area contributed by atoms with Gasteiger partial charge in [0.15, 0.2) is 0 Å². The number of ether oxygens (including phenoxy) is 1. The summed E-state index contributed by atoms with van der Waals surface area (Å²) in [6.45, 7) is 8.00. The smallest absolute Gasteiger partial charge is 0.262 e. The van der Waals surface area contributed by atoms with Crippen LogP contribution < -0.4 is 10.1 Å². The number of nitrogens with zero attached hydrogens (tertiary/aromatic N) is 1. The summed E-state index contributed by atoms with van der Waals surface area (Å²) in [7, 11) is 1.46. The number of nitrogens with one attached hydrogen (secondary N) is 1. The molecule has 4 amide bonds. The first kappa shape index (κ1) is 20.3. The molecular formula is C18H24N2O5. The molecule has 25 heavy (non-hydrogen) atoms. The first-order valence-corrected chi connectivity index (χ1v) is 8.42. The number of hydrogen-bond donors (Lipinski definition) is 1. The van der Waals surface area contributed by atoms with Crippen LogP contribution in [0.4, 0.5) is 0 Å². The molecule has 0 aliphatic carbocycles. The maximum absolute atomic E-state index is 12.4. The minimum Gasteiger partial charge on any atom is -0.497 e. The second-order valence-corrected chi connectivity index (χ2v) is 4.86. The molecule has 1 aromatic carbocycles. The third kappa shape index (κ3) is 3.87. The Morgan fingerprint density at radius 1 is 1.00 bits per heavy atom. The van der Waals surface area contributed by atoms with E-state index in [1.807, 2.05) is 27.7 Å². The van der Waals surface area contributed by atoms with Crippen molar-refractivity contribution in [2.45, 2.75) is 46.6 Å². The Hall–Kier alpha value is -2.70. The van der Waals surface area contributed by atoms with E-state index in [4.69, 9.17) is 4.74 Å². The van der Waals surface area contributed by atoms with Crippen LogP contribution in [0, 0.1) is 0 Å². The van der Waals surface area contributed by atoms with Gasteiger partial charge in [-0.3, -0.25) is 29.4 Å². The molecule has 7 nitrogen and oxygen atoms in total. The highest BCUT2D eigenvalue weighted by molar-refractivity contribution is 6.23. The number of carbonyl (C=O) groups is 4. The molecule has 0 saturated carbocycles. The van der Waals surface area contributed by atoms with Crippen LogP contribution in [0.15, 0.2) is 18.2 Å². The van der Waals surface area contributed by atoms with Crippen molar-refractivity contribution in [3.8, 4) is 5.75 Å². The maximum atomic E-state index is 12.4. The maximum Gasteiger partial charge on any atom is 0.262 e. The van der Waals surface area contributed by atoms with Crippen LogP contribution in [0.3, 0.4) is 0 Å². The molecule has 1 saturated heterocycles. The molecule has 136 valence electrons. The Kier molecular flexibility index (Phi) is 7.29. The summed E-state index contributed by atoms with van der Waals surface area (Å²) in [6, 6.07) is 3.61. The minimum atomic E-state index is -0.943. The molecule has 2 aliphatic rings. The molecular weight excluding hydrogens is 324 g/mol. The average molecular weight is 348 g/mol. The Morgan fingerprint density at radius 3 is 2.16 bits per heavy atom. The van der Waals surface area contributed by atoms with Gasteiger partial charge in [-0.25, -0.2) is 0 Å². The van der Waals surface area contributed by atoms with E-state index in [2.05, 4.69) is 5.32 Å². The molecule has 1 fully saturated rings.